The molecule has 40 heavy (non-hydrogen) atoms. The lowest BCUT2D eigenvalue weighted by molar-refractivity contribution is 0.0636. The molecular weight excluding hydrogens is 555 g/mol. The van der Waals surface area contributed by atoms with Crippen molar-refractivity contribution in [3.05, 3.63) is 27.2 Å². The number of hydrogen-bond donors (Lipinski definition) is 1. The second-order valence-corrected chi connectivity index (χ2v) is 14.0. The van der Waals surface area contributed by atoms with Crippen LogP contribution in [0, 0.1) is 11.3 Å². The van der Waals surface area contributed by atoms with Crippen molar-refractivity contribution in [2.24, 2.45) is 0 Å². The number of nitriles is 1. The van der Waals surface area contributed by atoms with Crippen molar-refractivity contribution in [2.45, 2.75) is 82.0 Å². The molecule has 2 aromatic rings. The molecule has 0 bridgehead atoms. The number of fused-ring (bicyclic) bond motifs is 3. The molecule has 3 fully saturated rings. The average Bonchev–Trinajstić information content (AvgIpc) is 3.48. The molecule has 5 heterocycles. The lowest BCUT2D eigenvalue weighted by atomic mass is 9.66. The smallest absolute Gasteiger partial charge is 0.412 e. The molecule has 1 N–H and O–H groups in total. The number of rotatable bonds is 5. The highest BCUT2D eigenvalue weighted by molar-refractivity contribution is 7.16. The number of carbonyl (C=O) groups excluding carboxylic acids is 1. The molecular formula is C28H34ClFN6O3S. The van der Waals surface area contributed by atoms with Gasteiger partial charge in [-0.2, -0.15) is 15.2 Å². The van der Waals surface area contributed by atoms with Gasteiger partial charge in [-0.15, -0.1) is 11.3 Å². The quantitative estimate of drug-likeness (QED) is 0.459. The van der Waals surface area contributed by atoms with Gasteiger partial charge in [0.25, 0.3) is 0 Å². The predicted octanol–water partition coefficient (Wildman–Crippen LogP) is 5.46. The number of amides is 1. The van der Waals surface area contributed by atoms with Crippen LogP contribution in [0.5, 0.6) is 6.01 Å². The molecule has 9 nitrogen and oxygen atoms in total. The summed E-state index contributed by atoms with van der Waals surface area (Å²) in [5.74, 6) is 0.671. The molecule has 0 unspecified atom stereocenters. The number of thiophene rings is 1. The molecule has 2 aromatic heterocycles. The number of anilines is 2. The van der Waals surface area contributed by atoms with E-state index in [1.54, 1.807) is 6.07 Å². The van der Waals surface area contributed by atoms with Crippen molar-refractivity contribution in [1.29, 1.82) is 5.26 Å². The monoisotopic (exact) mass is 588 g/mol. The number of nitrogens with one attached hydrogen (secondary N) is 1. The summed E-state index contributed by atoms with van der Waals surface area (Å²) < 4.78 is 25.6. The minimum absolute atomic E-state index is 0.202. The Kier molecular flexibility index (Phi) is 6.87. The first-order valence-corrected chi connectivity index (χ1v) is 15.1. The molecule has 0 aromatic carbocycles. The molecule has 1 amide bonds. The van der Waals surface area contributed by atoms with Gasteiger partial charge in [-0.25, -0.2) is 9.18 Å². The van der Waals surface area contributed by atoms with Crippen LogP contribution in [-0.4, -0.2) is 71.1 Å². The first kappa shape index (κ1) is 27.5. The van der Waals surface area contributed by atoms with Gasteiger partial charge in [0.15, 0.2) is 0 Å². The van der Waals surface area contributed by atoms with E-state index in [-0.39, 0.29) is 22.1 Å². The third-order valence-electron chi connectivity index (χ3n) is 8.50. The molecule has 2 atom stereocenters. The van der Waals surface area contributed by atoms with Crippen molar-refractivity contribution >= 4 is 39.8 Å². The third-order valence-corrected chi connectivity index (χ3v) is 9.86. The normalized spacial score (nSPS) is 25.2. The standard InChI is InChI=1S/C28H34ClFN6O3S/c1-26(2,3)39-25(37)34-23-18(12-31)22-19(40-23)6-4-7-27(22)14-35(15-27)21-10-20(29)32-24(33-21)38-16-28-8-5-9-36(28)13-17(30)11-28/h10,17H,4-9,11,13-16H2,1-3H3,(H,34,37)/t17-,28+/m1/s1. The SMILES string of the molecule is CC(C)(C)OC(=O)Nc1sc2c(c1C#N)C1(CCC2)CN(c2cc(Cl)nc(OC[C@@]34CCCN3C[C@H](F)C4)n2)C1. The zero-order valence-corrected chi connectivity index (χ0v) is 24.6. The van der Waals surface area contributed by atoms with Crippen LogP contribution in [0.2, 0.25) is 5.15 Å². The highest BCUT2D eigenvalue weighted by atomic mass is 35.5. The first-order valence-electron chi connectivity index (χ1n) is 13.9. The second-order valence-electron chi connectivity index (χ2n) is 12.5. The summed E-state index contributed by atoms with van der Waals surface area (Å²) in [7, 11) is 0. The van der Waals surface area contributed by atoms with Crippen molar-refractivity contribution in [1.82, 2.24) is 14.9 Å². The second kappa shape index (κ2) is 10.00. The highest BCUT2D eigenvalue weighted by Crippen LogP contribution is 2.51. The van der Waals surface area contributed by atoms with Crippen LogP contribution in [0.25, 0.3) is 0 Å². The molecule has 0 radical (unpaired) electrons. The van der Waals surface area contributed by atoms with E-state index in [4.69, 9.17) is 21.1 Å². The van der Waals surface area contributed by atoms with Gasteiger partial charge in [0.05, 0.1) is 11.1 Å². The van der Waals surface area contributed by atoms with Crippen LogP contribution in [0.15, 0.2) is 6.07 Å². The zero-order valence-electron chi connectivity index (χ0n) is 23.1. The lowest BCUT2D eigenvalue weighted by Gasteiger charge is -2.53. The van der Waals surface area contributed by atoms with E-state index < -0.39 is 17.9 Å². The zero-order chi connectivity index (χ0) is 28.3. The summed E-state index contributed by atoms with van der Waals surface area (Å²) in [5.41, 5.74) is 0.437. The molecule has 1 spiro atoms. The first-order chi connectivity index (χ1) is 19.0. The average molecular weight is 589 g/mol. The van der Waals surface area contributed by atoms with Crippen LogP contribution < -0.4 is 15.0 Å². The Balaban J connectivity index is 1.18. The number of halogens is 2. The Bertz CT molecular complexity index is 1370. The lowest BCUT2D eigenvalue weighted by Crippen LogP contribution is -2.61. The van der Waals surface area contributed by atoms with Crippen molar-refractivity contribution in [3.63, 3.8) is 0 Å². The molecule has 1 aliphatic carbocycles. The fraction of sp³-hybridized carbons (Fsp3) is 0.643. The Morgan fingerprint density at radius 1 is 1.32 bits per heavy atom. The van der Waals surface area contributed by atoms with E-state index in [0.29, 0.717) is 49.0 Å². The Morgan fingerprint density at radius 3 is 2.88 bits per heavy atom. The number of aryl methyl sites for hydroxylation is 1. The molecule has 3 aliphatic heterocycles. The highest BCUT2D eigenvalue weighted by Gasteiger charge is 2.51. The number of carbonyl (C=O) groups is 1. The van der Waals surface area contributed by atoms with Crippen molar-refractivity contribution in [3.8, 4) is 12.1 Å². The summed E-state index contributed by atoms with van der Waals surface area (Å²) in [5, 5.41) is 13.8. The van der Waals surface area contributed by atoms with Gasteiger partial charge < -0.3 is 14.4 Å². The summed E-state index contributed by atoms with van der Waals surface area (Å²) in [6, 6.07) is 4.29. The molecule has 4 aliphatic rings. The largest absolute Gasteiger partial charge is 0.461 e. The van der Waals surface area contributed by atoms with Gasteiger partial charge in [-0.05, 0) is 65.0 Å². The van der Waals surface area contributed by atoms with E-state index in [0.717, 1.165) is 49.1 Å². The van der Waals surface area contributed by atoms with Gasteiger partial charge in [0.1, 0.15) is 40.4 Å². The fourth-order valence-electron chi connectivity index (χ4n) is 6.94. The van der Waals surface area contributed by atoms with Crippen LogP contribution >= 0.6 is 22.9 Å². The molecule has 12 heteroatoms. The summed E-state index contributed by atoms with van der Waals surface area (Å²) in [6.07, 6.45) is 3.86. The van der Waals surface area contributed by atoms with Crippen LogP contribution in [0.3, 0.4) is 0 Å². The Morgan fingerprint density at radius 2 is 2.12 bits per heavy atom. The van der Waals surface area contributed by atoms with Crippen molar-refractivity contribution in [2.75, 3.05) is 43.0 Å². The minimum Gasteiger partial charge on any atom is -0.461 e. The van der Waals surface area contributed by atoms with E-state index >= 15 is 0 Å². The molecule has 0 saturated carbocycles. The number of aromatic nitrogens is 2. The van der Waals surface area contributed by atoms with Gasteiger partial charge in [-0.3, -0.25) is 10.2 Å². The fourth-order valence-corrected chi connectivity index (χ4v) is 8.41. The predicted molar refractivity (Wildman–Crippen MR) is 151 cm³/mol. The minimum atomic E-state index is -0.826. The van der Waals surface area contributed by atoms with Gasteiger partial charge in [0.2, 0.25) is 0 Å². The van der Waals surface area contributed by atoms with E-state index in [1.165, 1.54) is 11.3 Å². The number of ether oxygens (including phenoxy) is 2. The molecule has 214 valence electrons. The maximum absolute atomic E-state index is 14.2. The van der Waals surface area contributed by atoms with Gasteiger partial charge >= 0.3 is 12.1 Å². The Labute approximate surface area is 242 Å². The van der Waals surface area contributed by atoms with E-state index in [1.807, 2.05) is 20.8 Å². The van der Waals surface area contributed by atoms with Crippen LogP contribution in [0.1, 0.15) is 68.9 Å². The van der Waals surface area contributed by atoms with Gasteiger partial charge in [0, 0.05) is 42.4 Å². The van der Waals surface area contributed by atoms with E-state index in [9.17, 15) is 14.4 Å². The maximum atomic E-state index is 14.2. The Hall–Kier alpha value is -2.68. The maximum Gasteiger partial charge on any atom is 0.412 e. The van der Waals surface area contributed by atoms with Gasteiger partial charge in [-0.1, -0.05) is 11.6 Å². The van der Waals surface area contributed by atoms with Crippen molar-refractivity contribution < 1.29 is 18.7 Å². The number of alkyl halides is 1. The topological polar surface area (TPSA) is 104 Å². The van der Waals surface area contributed by atoms with Crippen LogP contribution in [-0.2, 0) is 16.6 Å². The summed E-state index contributed by atoms with van der Waals surface area (Å²) in [4.78, 5) is 26.9. The number of nitrogens with zero attached hydrogens (tertiary/aromatic N) is 5. The van der Waals surface area contributed by atoms with Crippen LogP contribution in [0.4, 0.5) is 20.0 Å². The third kappa shape index (κ3) is 4.99. The summed E-state index contributed by atoms with van der Waals surface area (Å²) >= 11 is 7.85. The molecule has 3 saturated heterocycles. The molecule has 6 rings (SSSR count). The summed E-state index contributed by atoms with van der Waals surface area (Å²) in [6.45, 7) is 8.47. The van der Waals surface area contributed by atoms with E-state index in [2.05, 4.69) is 31.2 Å². The number of hydrogen-bond acceptors (Lipinski definition) is 9.